The second kappa shape index (κ2) is 5.63. The lowest BCUT2D eigenvalue weighted by Crippen LogP contribution is -2.51. The van der Waals surface area contributed by atoms with E-state index < -0.39 is 0 Å². The van der Waals surface area contributed by atoms with Crippen molar-refractivity contribution in [3.63, 3.8) is 0 Å². The molecule has 0 N–H and O–H groups in total. The van der Waals surface area contributed by atoms with Crippen LogP contribution in [0.3, 0.4) is 0 Å². The molecule has 0 aromatic carbocycles. The van der Waals surface area contributed by atoms with E-state index in [0.717, 1.165) is 30.0 Å². The summed E-state index contributed by atoms with van der Waals surface area (Å²) in [5.41, 5.74) is 3.38. The van der Waals surface area contributed by atoms with E-state index in [1.54, 1.807) is 0 Å². The highest BCUT2D eigenvalue weighted by molar-refractivity contribution is 5.89. The van der Waals surface area contributed by atoms with Gasteiger partial charge in [0.1, 0.15) is 6.29 Å². The fourth-order valence-electron chi connectivity index (χ4n) is 5.65. The molecule has 5 nitrogen and oxygen atoms in total. The van der Waals surface area contributed by atoms with E-state index in [4.69, 9.17) is 5.10 Å². The standard InChI is InChI=1S/C20H26N4O/c1-12(2)24-19-9-21-8-15-17(11-25)14(7-18(22-24)20(15)19)16-10-23-5-3-13(16)4-6-23/h8-9,11-14,16-17H,3-7,10H2,1-2H3/t14-,16?,17?/m0/s1. The number of pyridine rings is 1. The van der Waals surface area contributed by atoms with Gasteiger partial charge in [-0.15, -0.1) is 0 Å². The third kappa shape index (κ3) is 2.21. The Labute approximate surface area is 148 Å². The van der Waals surface area contributed by atoms with Crippen LogP contribution in [0.1, 0.15) is 49.9 Å². The summed E-state index contributed by atoms with van der Waals surface area (Å²) in [4.78, 5) is 19.2. The Balaban J connectivity index is 1.61. The van der Waals surface area contributed by atoms with Gasteiger partial charge in [-0.3, -0.25) is 9.67 Å². The smallest absolute Gasteiger partial charge is 0.127 e. The average molecular weight is 338 g/mol. The number of carbonyl (C=O) groups is 1. The first-order valence-electron chi connectivity index (χ1n) is 9.70. The Bertz CT molecular complexity index is 818. The molecule has 3 fully saturated rings. The van der Waals surface area contributed by atoms with E-state index in [1.807, 2.05) is 12.4 Å². The molecular formula is C20H26N4O. The number of nitrogens with zero attached hydrogens (tertiary/aromatic N) is 4. The van der Waals surface area contributed by atoms with Crippen molar-refractivity contribution >= 4 is 17.2 Å². The Kier molecular flexibility index (Phi) is 3.49. The number of rotatable bonds is 3. The molecule has 0 radical (unpaired) electrons. The SMILES string of the molecule is CC(C)n1nc2c3c(cncc31)C(C=O)[C@H](C1CN3CCC1CC3)C2. The van der Waals surface area contributed by atoms with Gasteiger partial charge in [-0.1, -0.05) is 0 Å². The molecule has 2 unspecified atom stereocenters. The van der Waals surface area contributed by atoms with Crippen molar-refractivity contribution in [2.45, 2.75) is 45.1 Å². The molecule has 3 atom stereocenters. The zero-order chi connectivity index (χ0) is 17.1. The highest BCUT2D eigenvalue weighted by atomic mass is 16.1. The van der Waals surface area contributed by atoms with Crippen LogP contribution in [0.5, 0.6) is 0 Å². The van der Waals surface area contributed by atoms with Crippen molar-refractivity contribution in [2.24, 2.45) is 17.8 Å². The summed E-state index contributed by atoms with van der Waals surface area (Å²) in [6.07, 6.45) is 8.54. The topological polar surface area (TPSA) is 51.0 Å². The molecule has 0 amide bonds. The molecule has 1 aliphatic carbocycles. The summed E-state index contributed by atoms with van der Waals surface area (Å²) in [5, 5.41) is 6.14. The summed E-state index contributed by atoms with van der Waals surface area (Å²) in [5.74, 6) is 1.74. The molecule has 2 bridgehead atoms. The Morgan fingerprint density at radius 2 is 2.00 bits per heavy atom. The van der Waals surface area contributed by atoms with Crippen LogP contribution in [0, 0.1) is 17.8 Å². The lowest BCUT2D eigenvalue weighted by molar-refractivity contribution is -0.111. The molecule has 5 heteroatoms. The molecule has 2 aromatic heterocycles. The van der Waals surface area contributed by atoms with Crippen LogP contribution in [0.25, 0.3) is 10.9 Å². The van der Waals surface area contributed by atoms with Gasteiger partial charge in [0, 0.05) is 30.1 Å². The van der Waals surface area contributed by atoms with Crippen LogP contribution in [0.2, 0.25) is 0 Å². The molecule has 132 valence electrons. The number of aldehydes is 1. The fraction of sp³-hybridized carbons (Fsp3) is 0.650. The van der Waals surface area contributed by atoms with Crippen LogP contribution >= 0.6 is 0 Å². The first kappa shape index (κ1) is 15.5. The Morgan fingerprint density at radius 3 is 2.64 bits per heavy atom. The Hall–Kier alpha value is -1.75. The average Bonchev–Trinajstić information content (AvgIpc) is 3.03. The van der Waals surface area contributed by atoms with Crippen molar-refractivity contribution in [3.8, 4) is 0 Å². The molecule has 2 aromatic rings. The molecule has 0 spiro atoms. The van der Waals surface area contributed by atoms with Crippen molar-refractivity contribution in [1.82, 2.24) is 19.7 Å². The van der Waals surface area contributed by atoms with Crippen molar-refractivity contribution in [3.05, 3.63) is 23.7 Å². The first-order chi connectivity index (χ1) is 12.2. The maximum atomic E-state index is 12.1. The molecule has 25 heavy (non-hydrogen) atoms. The number of aromatic nitrogens is 3. The number of hydrogen-bond acceptors (Lipinski definition) is 4. The number of carbonyl (C=O) groups excluding carboxylic acids is 1. The largest absolute Gasteiger partial charge is 0.303 e. The summed E-state index contributed by atoms with van der Waals surface area (Å²) < 4.78 is 2.09. The van der Waals surface area contributed by atoms with Gasteiger partial charge in [0.2, 0.25) is 0 Å². The van der Waals surface area contributed by atoms with E-state index in [-0.39, 0.29) is 5.92 Å². The van der Waals surface area contributed by atoms with Crippen LogP contribution < -0.4 is 0 Å². The zero-order valence-electron chi connectivity index (χ0n) is 15.1. The monoisotopic (exact) mass is 338 g/mol. The summed E-state index contributed by atoms with van der Waals surface area (Å²) >= 11 is 0. The normalized spacial score (nSPS) is 34.0. The van der Waals surface area contributed by atoms with Crippen molar-refractivity contribution in [2.75, 3.05) is 19.6 Å². The van der Waals surface area contributed by atoms with Gasteiger partial charge >= 0.3 is 0 Å². The highest BCUT2D eigenvalue weighted by Gasteiger charge is 2.44. The lowest BCUT2D eigenvalue weighted by Gasteiger charge is -2.49. The third-order valence-corrected chi connectivity index (χ3v) is 6.86. The van der Waals surface area contributed by atoms with E-state index >= 15 is 0 Å². The number of fused-ring (bicyclic) bond motifs is 3. The number of piperidine rings is 3. The second-order valence-electron chi connectivity index (χ2n) is 8.44. The number of hydrogen-bond donors (Lipinski definition) is 0. The lowest BCUT2D eigenvalue weighted by atomic mass is 9.64. The minimum absolute atomic E-state index is 0.0286. The molecule has 3 saturated heterocycles. The Morgan fingerprint density at radius 1 is 1.20 bits per heavy atom. The third-order valence-electron chi connectivity index (χ3n) is 6.86. The quantitative estimate of drug-likeness (QED) is 0.808. The van der Waals surface area contributed by atoms with Gasteiger partial charge < -0.3 is 9.69 Å². The van der Waals surface area contributed by atoms with Crippen LogP contribution in [-0.4, -0.2) is 45.6 Å². The van der Waals surface area contributed by atoms with E-state index in [9.17, 15) is 4.79 Å². The molecular weight excluding hydrogens is 312 g/mol. The molecule has 4 aliphatic rings. The molecule has 3 aliphatic heterocycles. The minimum Gasteiger partial charge on any atom is -0.303 e. The van der Waals surface area contributed by atoms with E-state index in [0.29, 0.717) is 17.9 Å². The van der Waals surface area contributed by atoms with Gasteiger partial charge in [-0.05, 0) is 69.5 Å². The summed E-state index contributed by atoms with van der Waals surface area (Å²) in [6.45, 7) is 7.95. The minimum atomic E-state index is -0.0286. The maximum Gasteiger partial charge on any atom is 0.127 e. The predicted molar refractivity (Wildman–Crippen MR) is 96.6 cm³/mol. The molecule has 6 rings (SSSR count). The van der Waals surface area contributed by atoms with Gasteiger partial charge in [0.05, 0.1) is 17.4 Å². The van der Waals surface area contributed by atoms with Crippen LogP contribution in [-0.2, 0) is 11.2 Å². The van der Waals surface area contributed by atoms with Gasteiger partial charge in [-0.25, -0.2) is 0 Å². The molecule has 0 saturated carbocycles. The second-order valence-corrected chi connectivity index (χ2v) is 8.44. The first-order valence-corrected chi connectivity index (χ1v) is 9.70. The van der Waals surface area contributed by atoms with Crippen LogP contribution in [0.15, 0.2) is 12.4 Å². The van der Waals surface area contributed by atoms with E-state index in [1.165, 1.54) is 43.3 Å². The highest BCUT2D eigenvalue weighted by Crippen LogP contribution is 2.47. The summed E-state index contributed by atoms with van der Waals surface area (Å²) in [6, 6.07) is 0.302. The fourth-order valence-corrected chi connectivity index (χ4v) is 5.65. The summed E-state index contributed by atoms with van der Waals surface area (Å²) in [7, 11) is 0. The van der Waals surface area contributed by atoms with Gasteiger partial charge in [-0.2, -0.15) is 5.10 Å². The van der Waals surface area contributed by atoms with Crippen molar-refractivity contribution in [1.29, 1.82) is 0 Å². The van der Waals surface area contributed by atoms with Gasteiger partial charge in [0.15, 0.2) is 0 Å². The maximum absolute atomic E-state index is 12.1. The van der Waals surface area contributed by atoms with Gasteiger partial charge in [0.25, 0.3) is 0 Å². The van der Waals surface area contributed by atoms with E-state index in [2.05, 4.69) is 28.4 Å². The predicted octanol–water partition coefficient (Wildman–Crippen LogP) is 2.81. The zero-order valence-corrected chi connectivity index (χ0v) is 15.1. The van der Waals surface area contributed by atoms with Crippen LogP contribution in [0.4, 0.5) is 0 Å². The molecule has 5 heterocycles. The van der Waals surface area contributed by atoms with Crippen molar-refractivity contribution < 1.29 is 4.79 Å².